The number of benzene rings is 1. The van der Waals surface area contributed by atoms with Crippen LogP contribution in [0.3, 0.4) is 0 Å². The van der Waals surface area contributed by atoms with Crippen molar-refractivity contribution in [3.05, 3.63) is 28.2 Å². The minimum atomic E-state index is -0.784. The first-order valence-corrected chi connectivity index (χ1v) is 6.81. The van der Waals surface area contributed by atoms with Gasteiger partial charge in [0, 0.05) is 12.1 Å². The molecule has 0 aliphatic carbocycles. The Morgan fingerprint density at radius 1 is 1.47 bits per heavy atom. The molecule has 0 heterocycles. The molecule has 0 aliphatic heterocycles. The van der Waals surface area contributed by atoms with Crippen molar-refractivity contribution in [2.24, 2.45) is 0 Å². The number of carboxylic acid groups (broad SMARTS) is 1. The number of ether oxygens (including phenoxy) is 1. The molecule has 0 unspecified atom stereocenters. The summed E-state index contributed by atoms with van der Waals surface area (Å²) in [5.74, 6) is 0.00367. The molecule has 0 atom stereocenters. The maximum absolute atomic E-state index is 10.9. The van der Waals surface area contributed by atoms with Gasteiger partial charge in [-0.1, -0.05) is 6.07 Å². The molecule has 1 N–H and O–H groups in total. The van der Waals surface area contributed by atoms with Gasteiger partial charge in [0.05, 0.1) is 18.0 Å². The van der Waals surface area contributed by atoms with Gasteiger partial charge in [0.25, 0.3) is 0 Å². The lowest BCUT2D eigenvalue weighted by Gasteiger charge is -2.34. The summed E-state index contributed by atoms with van der Waals surface area (Å²) in [5, 5.41) is 8.93. The van der Waals surface area contributed by atoms with Crippen LogP contribution in [0, 0.1) is 0 Å². The fourth-order valence-corrected chi connectivity index (χ4v) is 2.39. The molecule has 0 bridgehead atoms. The van der Waals surface area contributed by atoms with Crippen molar-refractivity contribution in [2.75, 3.05) is 14.2 Å². The molecule has 0 aromatic heterocycles. The van der Waals surface area contributed by atoms with Crippen LogP contribution in [-0.2, 0) is 11.3 Å². The molecule has 4 nitrogen and oxygen atoms in total. The van der Waals surface area contributed by atoms with Gasteiger partial charge >= 0.3 is 5.97 Å². The largest absolute Gasteiger partial charge is 0.496 e. The van der Waals surface area contributed by atoms with Gasteiger partial charge in [-0.2, -0.15) is 0 Å². The van der Waals surface area contributed by atoms with E-state index in [1.165, 1.54) is 0 Å². The first-order chi connectivity index (χ1) is 8.76. The van der Waals surface area contributed by atoms with Crippen LogP contribution in [-0.4, -0.2) is 35.7 Å². The summed E-state index contributed by atoms with van der Waals surface area (Å²) >= 11 is 3.45. The summed E-state index contributed by atoms with van der Waals surface area (Å²) < 4.78 is 6.09. The Hall–Kier alpha value is -1.07. The molecule has 5 heteroatoms. The van der Waals surface area contributed by atoms with Crippen LogP contribution < -0.4 is 4.74 Å². The molecule has 0 radical (unpaired) electrons. The molecule has 0 fully saturated rings. The van der Waals surface area contributed by atoms with Gasteiger partial charge in [-0.15, -0.1) is 0 Å². The van der Waals surface area contributed by atoms with Gasteiger partial charge < -0.3 is 9.84 Å². The van der Waals surface area contributed by atoms with Crippen molar-refractivity contribution in [3.8, 4) is 5.75 Å². The molecule has 0 saturated carbocycles. The zero-order valence-corrected chi connectivity index (χ0v) is 13.3. The van der Waals surface area contributed by atoms with E-state index < -0.39 is 11.5 Å². The topological polar surface area (TPSA) is 49.8 Å². The standard InChI is InChI=1S/C14H20BrNO3/c1-14(2,8-13(17)18)16(3)9-10-5-6-12(19-4)11(15)7-10/h5-7H,8-9H2,1-4H3,(H,17,18). The van der Waals surface area contributed by atoms with Crippen molar-refractivity contribution in [1.82, 2.24) is 4.90 Å². The predicted octanol–water partition coefficient (Wildman–Crippen LogP) is 3.14. The molecular weight excluding hydrogens is 310 g/mol. The fraction of sp³-hybridized carbons (Fsp3) is 0.500. The summed E-state index contributed by atoms with van der Waals surface area (Å²) in [6.07, 6.45) is 0.112. The highest BCUT2D eigenvalue weighted by Crippen LogP contribution is 2.27. The van der Waals surface area contributed by atoms with E-state index in [9.17, 15) is 4.79 Å². The van der Waals surface area contributed by atoms with Crippen LogP contribution in [0.4, 0.5) is 0 Å². The summed E-state index contributed by atoms with van der Waals surface area (Å²) in [5.41, 5.74) is 0.715. The molecule has 0 saturated heterocycles. The van der Waals surface area contributed by atoms with E-state index in [1.807, 2.05) is 44.0 Å². The average molecular weight is 330 g/mol. The molecule has 0 amide bonds. The third-order valence-corrected chi connectivity index (χ3v) is 3.87. The van der Waals surface area contributed by atoms with Crippen LogP contribution in [0.2, 0.25) is 0 Å². The monoisotopic (exact) mass is 329 g/mol. The number of hydrogen-bond acceptors (Lipinski definition) is 3. The van der Waals surface area contributed by atoms with Crippen LogP contribution in [0.15, 0.2) is 22.7 Å². The molecule has 0 spiro atoms. The van der Waals surface area contributed by atoms with Crippen LogP contribution in [0.5, 0.6) is 5.75 Å². The first kappa shape index (κ1) is 16.0. The van der Waals surface area contributed by atoms with Gasteiger partial charge in [-0.25, -0.2) is 0 Å². The maximum Gasteiger partial charge on any atom is 0.305 e. The molecule has 1 aromatic carbocycles. The van der Waals surface area contributed by atoms with Gasteiger partial charge in [0.15, 0.2) is 0 Å². The highest BCUT2D eigenvalue weighted by atomic mass is 79.9. The van der Waals surface area contributed by atoms with Gasteiger partial charge in [0.1, 0.15) is 5.75 Å². The summed E-state index contributed by atoms with van der Waals surface area (Å²) in [7, 11) is 3.56. The third-order valence-electron chi connectivity index (χ3n) is 3.25. The maximum atomic E-state index is 10.9. The second-order valence-corrected chi connectivity index (χ2v) is 6.06. The zero-order chi connectivity index (χ0) is 14.6. The Labute approximate surface area is 122 Å². The van der Waals surface area contributed by atoms with E-state index in [1.54, 1.807) is 7.11 Å². The average Bonchev–Trinajstić information content (AvgIpc) is 2.27. The quantitative estimate of drug-likeness (QED) is 0.871. The van der Waals surface area contributed by atoms with Crippen molar-refractivity contribution in [1.29, 1.82) is 0 Å². The number of carbonyl (C=O) groups is 1. The van der Waals surface area contributed by atoms with Crippen LogP contribution in [0.1, 0.15) is 25.8 Å². The number of methoxy groups -OCH3 is 1. The highest BCUT2D eigenvalue weighted by Gasteiger charge is 2.26. The minimum absolute atomic E-state index is 0.112. The normalized spacial score (nSPS) is 11.7. The van der Waals surface area contributed by atoms with E-state index in [-0.39, 0.29) is 6.42 Å². The number of rotatable bonds is 6. The summed E-state index contributed by atoms with van der Waals surface area (Å²) in [4.78, 5) is 12.9. The second-order valence-electron chi connectivity index (χ2n) is 5.21. The molecule has 0 aliphatic rings. The van der Waals surface area contributed by atoms with Crippen LogP contribution >= 0.6 is 15.9 Å². The molecule has 1 rings (SSSR count). The summed E-state index contributed by atoms with van der Waals surface area (Å²) in [6, 6.07) is 5.88. The lowest BCUT2D eigenvalue weighted by Crippen LogP contribution is -2.42. The van der Waals surface area contributed by atoms with Crippen molar-refractivity contribution in [3.63, 3.8) is 0 Å². The van der Waals surface area contributed by atoms with E-state index >= 15 is 0 Å². The smallest absolute Gasteiger partial charge is 0.305 e. The molecule has 106 valence electrons. The number of halogens is 1. The van der Waals surface area contributed by atoms with Crippen LogP contribution in [0.25, 0.3) is 0 Å². The second kappa shape index (κ2) is 6.39. The number of carboxylic acids is 1. The Kier molecular flexibility index (Phi) is 5.38. The predicted molar refractivity (Wildman–Crippen MR) is 78.5 cm³/mol. The lowest BCUT2D eigenvalue weighted by atomic mass is 9.98. The lowest BCUT2D eigenvalue weighted by molar-refractivity contribution is -0.139. The number of aliphatic carboxylic acids is 1. The van der Waals surface area contributed by atoms with E-state index in [0.717, 1.165) is 15.8 Å². The van der Waals surface area contributed by atoms with E-state index in [0.29, 0.717) is 6.54 Å². The Bertz CT molecular complexity index is 460. The molecule has 1 aromatic rings. The summed E-state index contributed by atoms with van der Waals surface area (Å²) in [6.45, 7) is 4.54. The first-order valence-electron chi connectivity index (χ1n) is 6.01. The number of nitrogens with zero attached hydrogens (tertiary/aromatic N) is 1. The third kappa shape index (κ3) is 4.51. The van der Waals surface area contributed by atoms with E-state index in [2.05, 4.69) is 15.9 Å². The number of hydrogen-bond donors (Lipinski definition) is 1. The van der Waals surface area contributed by atoms with Crippen molar-refractivity contribution < 1.29 is 14.6 Å². The van der Waals surface area contributed by atoms with E-state index in [4.69, 9.17) is 9.84 Å². The zero-order valence-electron chi connectivity index (χ0n) is 11.7. The Balaban J connectivity index is 2.79. The molecular formula is C14H20BrNO3. The van der Waals surface area contributed by atoms with Gasteiger partial charge in [0.2, 0.25) is 0 Å². The SMILES string of the molecule is COc1ccc(CN(C)C(C)(C)CC(=O)O)cc1Br. The minimum Gasteiger partial charge on any atom is -0.496 e. The van der Waals surface area contributed by atoms with Gasteiger partial charge in [-0.05, 0) is 54.5 Å². The Morgan fingerprint density at radius 3 is 2.58 bits per heavy atom. The molecule has 19 heavy (non-hydrogen) atoms. The highest BCUT2D eigenvalue weighted by molar-refractivity contribution is 9.10. The Morgan fingerprint density at radius 2 is 2.11 bits per heavy atom. The van der Waals surface area contributed by atoms with Gasteiger partial charge in [-0.3, -0.25) is 9.69 Å². The van der Waals surface area contributed by atoms with Crippen molar-refractivity contribution >= 4 is 21.9 Å². The van der Waals surface area contributed by atoms with Crippen molar-refractivity contribution in [2.45, 2.75) is 32.4 Å². The fourth-order valence-electron chi connectivity index (χ4n) is 1.80.